The average Bonchev–Trinajstić information content (AvgIpc) is 3.05. The third-order valence-corrected chi connectivity index (χ3v) is 6.25. The highest BCUT2D eigenvalue weighted by atomic mass is 32.1. The van der Waals surface area contributed by atoms with E-state index in [1.165, 1.54) is 68.3 Å². The van der Waals surface area contributed by atoms with Gasteiger partial charge in [-0.25, -0.2) is 4.98 Å². The molecular formula is C16H28N4S. The van der Waals surface area contributed by atoms with Crippen LogP contribution in [0.1, 0.15) is 49.9 Å². The van der Waals surface area contributed by atoms with E-state index in [0.29, 0.717) is 6.04 Å². The monoisotopic (exact) mass is 308 g/mol. The standard InChI is InChI=1S/C16H28N4S/c1-13(17-2)15-12-18-16(21-15)20-10-6-14(7-11-20)19-8-4-3-5-9-19/h12-14,17H,3-11H2,1-2H3. The maximum absolute atomic E-state index is 4.64. The van der Waals surface area contributed by atoms with E-state index in [1.54, 1.807) is 0 Å². The highest BCUT2D eigenvalue weighted by Gasteiger charge is 2.26. The van der Waals surface area contributed by atoms with Gasteiger partial charge in [0.1, 0.15) is 0 Å². The molecule has 3 heterocycles. The Kier molecular flexibility index (Phi) is 5.14. The second-order valence-electron chi connectivity index (χ2n) is 6.37. The minimum Gasteiger partial charge on any atom is -0.348 e. The molecule has 0 aromatic carbocycles. The lowest BCUT2D eigenvalue weighted by Crippen LogP contribution is -2.46. The van der Waals surface area contributed by atoms with Crippen molar-refractivity contribution in [3.05, 3.63) is 11.1 Å². The fourth-order valence-electron chi connectivity index (χ4n) is 3.47. The lowest BCUT2D eigenvalue weighted by Gasteiger charge is -2.40. The Balaban J connectivity index is 1.54. The van der Waals surface area contributed by atoms with Crippen molar-refractivity contribution >= 4 is 16.5 Å². The lowest BCUT2D eigenvalue weighted by molar-refractivity contribution is 0.141. The first-order chi connectivity index (χ1) is 10.3. The van der Waals surface area contributed by atoms with Gasteiger partial charge in [0, 0.05) is 36.2 Å². The molecular weight excluding hydrogens is 280 g/mol. The van der Waals surface area contributed by atoms with Crippen molar-refractivity contribution in [2.75, 3.05) is 38.1 Å². The number of hydrogen-bond acceptors (Lipinski definition) is 5. The van der Waals surface area contributed by atoms with Crippen LogP contribution in [0.2, 0.25) is 0 Å². The van der Waals surface area contributed by atoms with Gasteiger partial charge in [0.05, 0.1) is 0 Å². The van der Waals surface area contributed by atoms with Crippen molar-refractivity contribution in [2.24, 2.45) is 0 Å². The number of aromatic nitrogens is 1. The molecule has 0 radical (unpaired) electrons. The van der Waals surface area contributed by atoms with Crippen molar-refractivity contribution in [3.63, 3.8) is 0 Å². The van der Waals surface area contributed by atoms with Crippen LogP contribution in [-0.4, -0.2) is 49.2 Å². The third-order valence-electron chi connectivity index (χ3n) is 5.01. The lowest BCUT2D eigenvalue weighted by atomic mass is 10.0. The molecule has 2 saturated heterocycles. The first kappa shape index (κ1) is 15.3. The van der Waals surface area contributed by atoms with Gasteiger partial charge in [0.15, 0.2) is 5.13 Å². The van der Waals surface area contributed by atoms with Crippen LogP contribution in [0.4, 0.5) is 5.13 Å². The maximum atomic E-state index is 4.64. The smallest absolute Gasteiger partial charge is 0.185 e. The van der Waals surface area contributed by atoms with Crippen molar-refractivity contribution in [1.82, 2.24) is 15.2 Å². The largest absolute Gasteiger partial charge is 0.348 e. The van der Waals surface area contributed by atoms with E-state index in [2.05, 4.69) is 27.0 Å². The molecule has 1 atom stereocenters. The zero-order valence-corrected chi connectivity index (χ0v) is 14.2. The van der Waals surface area contributed by atoms with Gasteiger partial charge in [-0.3, -0.25) is 0 Å². The summed E-state index contributed by atoms with van der Waals surface area (Å²) in [5, 5.41) is 4.50. The second kappa shape index (κ2) is 7.07. The zero-order valence-electron chi connectivity index (χ0n) is 13.3. The van der Waals surface area contributed by atoms with Crippen LogP contribution in [-0.2, 0) is 0 Å². The summed E-state index contributed by atoms with van der Waals surface area (Å²) in [4.78, 5) is 11.2. The van der Waals surface area contributed by atoms with Crippen LogP contribution in [0, 0.1) is 0 Å². The Labute approximate surface area is 132 Å². The van der Waals surface area contributed by atoms with Gasteiger partial charge < -0.3 is 15.1 Å². The number of nitrogens with zero attached hydrogens (tertiary/aromatic N) is 3. The molecule has 0 aliphatic carbocycles. The van der Waals surface area contributed by atoms with Gasteiger partial charge in [-0.2, -0.15) is 0 Å². The molecule has 21 heavy (non-hydrogen) atoms. The van der Waals surface area contributed by atoms with Crippen molar-refractivity contribution in [3.8, 4) is 0 Å². The van der Waals surface area contributed by atoms with Crippen LogP contribution in [0.15, 0.2) is 6.20 Å². The predicted molar refractivity (Wildman–Crippen MR) is 90.2 cm³/mol. The van der Waals surface area contributed by atoms with E-state index in [9.17, 15) is 0 Å². The van der Waals surface area contributed by atoms with E-state index >= 15 is 0 Å². The van der Waals surface area contributed by atoms with Gasteiger partial charge in [-0.05, 0) is 52.7 Å². The molecule has 1 aromatic heterocycles. The van der Waals surface area contributed by atoms with Gasteiger partial charge >= 0.3 is 0 Å². The third kappa shape index (κ3) is 3.58. The molecule has 3 rings (SSSR count). The summed E-state index contributed by atoms with van der Waals surface area (Å²) in [6.45, 7) is 7.18. The highest BCUT2D eigenvalue weighted by molar-refractivity contribution is 7.15. The molecule has 4 nitrogen and oxygen atoms in total. The van der Waals surface area contributed by atoms with E-state index in [0.717, 1.165) is 6.04 Å². The molecule has 0 bridgehead atoms. The minimum atomic E-state index is 0.405. The molecule has 2 aliphatic heterocycles. The number of rotatable bonds is 4. The molecule has 2 fully saturated rings. The van der Waals surface area contributed by atoms with Gasteiger partial charge in [0.25, 0.3) is 0 Å². The fourth-order valence-corrected chi connectivity index (χ4v) is 4.50. The van der Waals surface area contributed by atoms with E-state index in [1.807, 2.05) is 24.6 Å². The molecule has 1 aromatic rings. The number of hydrogen-bond donors (Lipinski definition) is 1. The number of nitrogens with one attached hydrogen (secondary N) is 1. The van der Waals surface area contributed by atoms with Crippen LogP contribution < -0.4 is 10.2 Å². The normalized spacial score (nSPS) is 23.4. The molecule has 1 N–H and O–H groups in total. The Morgan fingerprint density at radius 2 is 1.90 bits per heavy atom. The van der Waals surface area contributed by atoms with Crippen LogP contribution in [0.25, 0.3) is 0 Å². The van der Waals surface area contributed by atoms with Crippen LogP contribution >= 0.6 is 11.3 Å². The number of anilines is 1. The second-order valence-corrected chi connectivity index (χ2v) is 7.41. The first-order valence-electron chi connectivity index (χ1n) is 8.40. The van der Waals surface area contributed by atoms with Gasteiger partial charge in [-0.15, -0.1) is 11.3 Å². The summed E-state index contributed by atoms with van der Waals surface area (Å²) in [5.41, 5.74) is 0. The average molecular weight is 308 g/mol. The Morgan fingerprint density at radius 1 is 1.19 bits per heavy atom. The van der Waals surface area contributed by atoms with Crippen molar-refractivity contribution in [2.45, 2.75) is 51.1 Å². The van der Waals surface area contributed by atoms with E-state index < -0.39 is 0 Å². The quantitative estimate of drug-likeness (QED) is 0.927. The fraction of sp³-hybridized carbons (Fsp3) is 0.812. The number of thiazole rings is 1. The van der Waals surface area contributed by atoms with E-state index in [-0.39, 0.29) is 0 Å². The molecule has 0 saturated carbocycles. The summed E-state index contributed by atoms with van der Waals surface area (Å²) in [6.07, 6.45) is 8.88. The van der Waals surface area contributed by atoms with Gasteiger partial charge in [-0.1, -0.05) is 6.42 Å². The van der Waals surface area contributed by atoms with Crippen molar-refractivity contribution in [1.29, 1.82) is 0 Å². The minimum absolute atomic E-state index is 0.405. The predicted octanol–water partition coefficient (Wildman–Crippen LogP) is 2.88. The summed E-state index contributed by atoms with van der Waals surface area (Å²) in [5.74, 6) is 0. The summed E-state index contributed by atoms with van der Waals surface area (Å²) in [6, 6.07) is 1.22. The molecule has 5 heteroatoms. The van der Waals surface area contributed by atoms with Gasteiger partial charge in [0.2, 0.25) is 0 Å². The van der Waals surface area contributed by atoms with E-state index in [4.69, 9.17) is 0 Å². The molecule has 0 spiro atoms. The Bertz CT molecular complexity index is 433. The van der Waals surface area contributed by atoms with Crippen LogP contribution in [0.5, 0.6) is 0 Å². The SMILES string of the molecule is CNC(C)c1cnc(N2CCC(N3CCCCC3)CC2)s1. The van der Waals surface area contributed by atoms with Crippen molar-refractivity contribution < 1.29 is 0 Å². The summed E-state index contributed by atoms with van der Waals surface area (Å²) in [7, 11) is 2.01. The topological polar surface area (TPSA) is 31.4 Å². The highest BCUT2D eigenvalue weighted by Crippen LogP contribution is 2.30. The number of piperidine rings is 2. The zero-order chi connectivity index (χ0) is 14.7. The molecule has 1 unspecified atom stereocenters. The molecule has 2 aliphatic rings. The summed E-state index contributed by atoms with van der Waals surface area (Å²) >= 11 is 1.85. The number of likely N-dealkylation sites (tertiary alicyclic amines) is 1. The summed E-state index contributed by atoms with van der Waals surface area (Å²) < 4.78 is 0. The molecule has 0 amide bonds. The Hall–Kier alpha value is -0.650. The molecule has 118 valence electrons. The first-order valence-corrected chi connectivity index (χ1v) is 9.21. The van der Waals surface area contributed by atoms with Crippen LogP contribution in [0.3, 0.4) is 0 Å². The maximum Gasteiger partial charge on any atom is 0.185 e. The Morgan fingerprint density at radius 3 is 2.57 bits per heavy atom.